The van der Waals surface area contributed by atoms with E-state index in [0.717, 1.165) is 11.1 Å². The van der Waals surface area contributed by atoms with Gasteiger partial charge in [-0.3, -0.25) is 9.59 Å². The summed E-state index contributed by atoms with van der Waals surface area (Å²) in [6.07, 6.45) is -0.725. The summed E-state index contributed by atoms with van der Waals surface area (Å²) >= 11 is 1.49. The number of nitrogens with two attached hydrogens (primary N) is 1. The molecule has 0 saturated carbocycles. The van der Waals surface area contributed by atoms with Crippen molar-refractivity contribution in [1.82, 2.24) is 4.90 Å². The Bertz CT molecular complexity index is 684. The van der Waals surface area contributed by atoms with Crippen molar-refractivity contribution in [2.45, 2.75) is 6.10 Å². The fraction of sp³-hybridized carbons (Fsp3) is 0.250. The summed E-state index contributed by atoms with van der Waals surface area (Å²) in [5.74, 6) is -0.624. The summed E-state index contributed by atoms with van der Waals surface area (Å²) in [5, 5.41) is 3.81. The van der Waals surface area contributed by atoms with Crippen LogP contribution in [0.4, 0.5) is 0 Å². The largest absolute Gasteiger partial charge is 0.367 e. The third-order valence-electron chi connectivity index (χ3n) is 3.65. The molecule has 1 aromatic heterocycles. The predicted molar refractivity (Wildman–Crippen MR) is 84.6 cm³/mol. The van der Waals surface area contributed by atoms with Gasteiger partial charge in [-0.15, -0.1) is 0 Å². The van der Waals surface area contributed by atoms with Gasteiger partial charge in [0, 0.05) is 17.5 Å². The molecule has 2 aromatic rings. The van der Waals surface area contributed by atoms with Crippen molar-refractivity contribution in [3.8, 4) is 11.1 Å². The molecule has 1 unspecified atom stereocenters. The van der Waals surface area contributed by atoms with Crippen molar-refractivity contribution in [3.05, 3.63) is 46.7 Å². The first-order valence-corrected chi connectivity index (χ1v) is 7.93. The zero-order valence-electron chi connectivity index (χ0n) is 11.9. The van der Waals surface area contributed by atoms with Gasteiger partial charge in [0.05, 0.1) is 18.7 Å². The van der Waals surface area contributed by atoms with Crippen LogP contribution in [0.15, 0.2) is 41.1 Å². The van der Waals surface area contributed by atoms with Gasteiger partial charge in [-0.2, -0.15) is 11.3 Å². The minimum atomic E-state index is -0.725. The standard InChI is InChI=1S/C16H16N2O3S/c17-15(19)14-8-18(6-7-21-14)16(20)13-10-22-9-12(13)11-4-2-1-3-5-11/h1-5,9-10,14H,6-8H2,(H2,17,19). The van der Waals surface area contributed by atoms with Crippen LogP contribution in [0.1, 0.15) is 10.4 Å². The highest BCUT2D eigenvalue weighted by atomic mass is 32.1. The number of ether oxygens (including phenoxy) is 1. The average molecular weight is 316 g/mol. The van der Waals surface area contributed by atoms with E-state index in [-0.39, 0.29) is 12.5 Å². The van der Waals surface area contributed by atoms with E-state index in [4.69, 9.17) is 10.5 Å². The van der Waals surface area contributed by atoms with Gasteiger partial charge in [0.25, 0.3) is 5.91 Å². The normalized spacial score (nSPS) is 18.2. The lowest BCUT2D eigenvalue weighted by Crippen LogP contribution is -2.50. The second-order valence-electron chi connectivity index (χ2n) is 5.08. The maximum Gasteiger partial charge on any atom is 0.255 e. The molecule has 1 aliphatic heterocycles. The lowest BCUT2D eigenvalue weighted by molar-refractivity contribution is -0.133. The van der Waals surface area contributed by atoms with E-state index in [0.29, 0.717) is 18.7 Å². The molecular formula is C16H16N2O3S. The van der Waals surface area contributed by atoms with Crippen LogP contribution in [0, 0.1) is 0 Å². The molecule has 1 aromatic carbocycles. The summed E-state index contributed by atoms with van der Waals surface area (Å²) in [7, 11) is 0. The molecule has 0 radical (unpaired) electrons. The van der Waals surface area contributed by atoms with Gasteiger partial charge in [0.15, 0.2) is 6.10 Å². The van der Waals surface area contributed by atoms with Crippen LogP contribution in [0.2, 0.25) is 0 Å². The maximum absolute atomic E-state index is 12.7. The summed E-state index contributed by atoms with van der Waals surface area (Å²) in [5.41, 5.74) is 7.84. The summed E-state index contributed by atoms with van der Waals surface area (Å²) in [6, 6.07) is 9.78. The molecule has 0 bridgehead atoms. The van der Waals surface area contributed by atoms with Crippen molar-refractivity contribution in [1.29, 1.82) is 0 Å². The van der Waals surface area contributed by atoms with Gasteiger partial charge in [-0.25, -0.2) is 0 Å². The zero-order chi connectivity index (χ0) is 15.5. The third-order valence-corrected chi connectivity index (χ3v) is 4.39. The molecule has 0 spiro atoms. The van der Waals surface area contributed by atoms with Crippen LogP contribution in [-0.2, 0) is 9.53 Å². The first-order chi connectivity index (χ1) is 10.7. The average Bonchev–Trinajstić information content (AvgIpc) is 3.04. The topological polar surface area (TPSA) is 72.6 Å². The number of primary amides is 1. The van der Waals surface area contributed by atoms with Crippen LogP contribution in [0.25, 0.3) is 11.1 Å². The van der Waals surface area contributed by atoms with E-state index in [9.17, 15) is 9.59 Å². The van der Waals surface area contributed by atoms with Gasteiger partial charge >= 0.3 is 0 Å². The van der Waals surface area contributed by atoms with Crippen molar-refractivity contribution >= 4 is 23.2 Å². The maximum atomic E-state index is 12.7. The lowest BCUT2D eigenvalue weighted by Gasteiger charge is -2.31. The Morgan fingerprint density at radius 1 is 1.23 bits per heavy atom. The van der Waals surface area contributed by atoms with E-state index < -0.39 is 12.0 Å². The Morgan fingerprint density at radius 2 is 2.00 bits per heavy atom. The molecule has 5 nitrogen and oxygen atoms in total. The van der Waals surface area contributed by atoms with Crippen LogP contribution >= 0.6 is 11.3 Å². The minimum absolute atomic E-state index is 0.0883. The molecule has 3 rings (SSSR count). The molecule has 0 aliphatic carbocycles. The van der Waals surface area contributed by atoms with E-state index >= 15 is 0 Å². The Morgan fingerprint density at radius 3 is 2.73 bits per heavy atom. The highest BCUT2D eigenvalue weighted by Crippen LogP contribution is 2.28. The van der Waals surface area contributed by atoms with Gasteiger partial charge in [-0.1, -0.05) is 30.3 Å². The van der Waals surface area contributed by atoms with Gasteiger partial charge < -0.3 is 15.4 Å². The van der Waals surface area contributed by atoms with E-state index in [2.05, 4.69) is 0 Å². The van der Waals surface area contributed by atoms with Gasteiger partial charge in [0.1, 0.15) is 0 Å². The van der Waals surface area contributed by atoms with E-state index in [1.54, 1.807) is 4.90 Å². The fourth-order valence-electron chi connectivity index (χ4n) is 2.48. The second-order valence-corrected chi connectivity index (χ2v) is 5.82. The highest BCUT2D eigenvalue weighted by molar-refractivity contribution is 7.08. The number of hydrogen-bond donors (Lipinski definition) is 1. The number of rotatable bonds is 3. The molecule has 22 heavy (non-hydrogen) atoms. The number of morpholine rings is 1. The lowest BCUT2D eigenvalue weighted by atomic mass is 10.0. The summed E-state index contributed by atoms with van der Waals surface area (Å²) in [6.45, 7) is 0.995. The number of carbonyl (C=O) groups is 2. The number of nitrogens with zero attached hydrogens (tertiary/aromatic N) is 1. The minimum Gasteiger partial charge on any atom is -0.367 e. The quantitative estimate of drug-likeness (QED) is 0.937. The molecule has 1 atom stereocenters. The summed E-state index contributed by atoms with van der Waals surface area (Å²) in [4.78, 5) is 25.6. The zero-order valence-corrected chi connectivity index (χ0v) is 12.7. The Hall–Kier alpha value is -2.18. The van der Waals surface area contributed by atoms with Crippen molar-refractivity contribution in [2.24, 2.45) is 5.73 Å². The number of thiophene rings is 1. The van der Waals surface area contributed by atoms with Crippen LogP contribution in [0.3, 0.4) is 0 Å². The number of benzene rings is 1. The number of amides is 2. The Labute approximate surface area is 132 Å². The molecule has 1 fully saturated rings. The molecular weight excluding hydrogens is 300 g/mol. The van der Waals surface area contributed by atoms with Crippen LogP contribution < -0.4 is 5.73 Å². The van der Waals surface area contributed by atoms with Crippen LogP contribution in [-0.4, -0.2) is 42.5 Å². The van der Waals surface area contributed by atoms with Crippen molar-refractivity contribution < 1.29 is 14.3 Å². The van der Waals surface area contributed by atoms with Crippen LogP contribution in [0.5, 0.6) is 0 Å². The highest BCUT2D eigenvalue weighted by Gasteiger charge is 2.29. The predicted octanol–water partition coefficient (Wildman–Crippen LogP) is 1.74. The Balaban J connectivity index is 1.84. The molecule has 6 heteroatoms. The van der Waals surface area contributed by atoms with Crippen molar-refractivity contribution in [3.63, 3.8) is 0 Å². The SMILES string of the molecule is NC(=O)C1CN(C(=O)c2cscc2-c2ccccc2)CCO1. The molecule has 2 amide bonds. The molecule has 1 aliphatic rings. The van der Waals surface area contributed by atoms with Gasteiger partial charge in [0.2, 0.25) is 5.91 Å². The first kappa shape index (κ1) is 14.7. The molecule has 2 N–H and O–H groups in total. The molecule has 2 heterocycles. The van der Waals surface area contributed by atoms with Gasteiger partial charge in [-0.05, 0) is 10.9 Å². The van der Waals surface area contributed by atoms with E-state index in [1.165, 1.54) is 11.3 Å². The summed E-state index contributed by atoms with van der Waals surface area (Å²) < 4.78 is 5.29. The monoisotopic (exact) mass is 316 g/mol. The smallest absolute Gasteiger partial charge is 0.255 e. The van der Waals surface area contributed by atoms with Crippen molar-refractivity contribution in [2.75, 3.05) is 19.7 Å². The molecule has 1 saturated heterocycles. The number of carbonyl (C=O) groups excluding carboxylic acids is 2. The molecule has 114 valence electrons. The van der Waals surface area contributed by atoms with E-state index in [1.807, 2.05) is 41.1 Å². The fourth-order valence-corrected chi connectivity index (χ4v) is 3.31. The third kappa shape index (κ3) is 2.88. The first-order valence-electron chi connectivity index (χ1n) is 6.98. The second kappa shape index (κ2) is 6.29. The number of hydrogen-bond acceptors (Lipinski definition) is 4. The Kier molecular flexibility index (Phi) is 4.22.